The van der Waals surface area contributed by atoms with E-state index in [0.717, 1.165) is 24.0 Å². The average Bonchev–Trinajstić information content (AvgIpc) is 2.21. The first-order valence-electron chi connectivity index (χ1n) is 4.97. The molecule has 2 nitrogen and oxygen atoms in total. The molecule has 0 aromatic heterocycles. The molecule has 0 spiro atoms. The van der Waals surface area contributed by atoms with E-state index in [0.29, 0.717) is 5.88 Å². The highest BCUT2D eigenvalue weighted by molar-refractivity contribution is 6.17. The summed E-state index contributed by atoms with van der Waals surface area (Å²) in [6.45, 7) is 1.88. The molecule has 1 aromatic carbocycles. The van der Waals surface area contributed by atoms with E-state index in [9.17, 15) is 4.39 Å². The fourth-order valence-corrected chi connectivity index (χ4v) is 1.79. The number of hydrogen-bond donors (Lipinski definition) is 2. The molecule has 0 heterocycles. The lowest BCUT2D eigenvalue weighted by Crippen LogP contribution is -2.28. The molecular formula is C11H16ClFN2. The number of hydrazine groups is 1. The molecular weight excluding hydrogens is 215 g/mol. The minimum atomic E-state index is -0.218. The van der Waals surface area contributed by atoms with E-state index in [1.54, 1.807) is 6.07 Å². The van der Waals surface area contributed by atoms with E-state index in [1.165, 1.54) is 12.1 Å². The van der Waals surface area contributed by atoms with Crippen molar-refractivity contribution in [3.63, 3.8) is 0 Å². The summed E-state index contributed by atoms with van der Waals surface area (Å²) >= 11 is 5.63. The molecule has 1 atom stereocenters. The zero-order valence-corrected chi connectivity index (χ0v) is 9.52. The van der Waals surface area contributed by atoms with Gasteiger partial charge in [-0.3, -0.25) is 11.3 Å². The molecule has 1 unspecified atom stereocenters. The van der Waals surface area contributed by atoms with E-state index < -0.39 is 0 Å². The lowest BCUT2D eigenvalue weighted by molar-refractivity contribution is 0.507. The molecule has 15 heavy (non-hydrogen) atoms. The van der Waals surface area contributed by atoms with Crippen LogP contribution in [0.25, 0.3) is 0 Å². The van der Waals surface area contributed by atoms with Gasteiger partial charge in [-0.2, -0.15) is 0 Å². The van der Waals surface area contributed by atoms with Gasteiger partial charge in [-0.25, -0.2) is 4.39 Å². The van der Waals surface area contributed by atoms with E-state index in [1.807, 2.05) is 6.92 Å². The average molecular weight is 231 g/mol. The normalized spacial score (nSPS) is 12.8. The summed E-state index contributed by atoms with van der Waals surface area (Å²) in [6.07, 6.45) is 1.74. The molecule has 0 bridgehead atoms. The van der Waals surface area contributed by atoms with Crippen LogP contribution in [-0.2, 0) is 0 Å². The zero-order valence-electron chi connectivity index (χ0n) is 8.76. The summed E-state index contributed by atoms with van der Waals surface area (Å²) in [5, 5.41) is 0. The van der Waals surface area contributed by atoms with Gasteiger partial charge in [0.05, 0.1) is 0 Å². The standard InChI is InChI=1S/C11H16ClFN2/c1-8-7-9(13)4-5-10(8)11(15-14)3-2-6-12/h4-5,7,11,15H,2-3,6,14H2,1H3. The van der Waals surface area contributed by atoms with Gasteiger partial charge in [0.15, 0.2) is 0 Å². The van der Waals surface area contributed by atoms with Gasteiger partial charge in [0.25, 0.3) is 0 Å². The maximum Gasteiger partial charge on any atom is 0.123 e. The molecule has 0 aliphatic carbocycles. The Balaban J connectivity index is 2.81. The minimum absolute atomic E-state index is 0.0457. The van der Waals surface area contributed by atoms with Gasteiger partial charge >= 0.3 is 0 Å². The Morgan fingerprint density at radius 1 is 1.53 bits per heavy atom. The second-order valence-electron chi connectivity index (χ2n) is 3.55. The molecule has 0 saturated heterocycles. The van der Waals surface area contributed by atoms with Crippen LogP contribution in [-0.4, -0.2) is 5.88 Å². The second-order valence-corrected chi connectivity index (χ2v) is 3.93. The summed E-state index contributed by atoms with van der Waals surface area (Å²) in [5.74, 6) is 5.86. The van der Waals surface area contributed by atoms with Crippen molar-refractivity contribution in [3.8, 4) is 0 Å². The maximum atomic E-state index is 12.9. The van der Waals surface area contributed by atoms with Crippen LogP contribution in [0, 0.1) is 12.7 Å². The number of alkyl halides is 1. The highest BCUT2D eigenvalue weighted by Crippen LogP contribution is 2.22. The van der Waals surface area contributed by atoms with Crippen molar-refractivity contribution in [2.24, 2.45) is 5.84 Å². The van der Waals surface area contributed by atoms with Gasteiger partial charge in [-0.15, -0.1) is 11.6 Å². The van der Waals surface area contributed by atoms with Crippen molar-refractivity contribution in [1.82, 2.24) is 5.43 Å². The molecule has 0 radical (unpaired) electrons. The van der Waals surface area contributed by atoms with Crippen molar-refractivity contribution in [1.29, 1.82) is 0 Å². The van der Waals surface area contributed by atoms with Crippen LogP contribution in [0.3, 0.4) is 0 Å². The Bertz CT molecular complexity index is 317. The molecule has 0 fully saturated rings. The molecule has 3 N–H and O–H groups in total. The molecule has 84 valence electrons. The third-order valence-electron chi connectivity index (χ3n) is 2.43. The lowest BCUT2D eigenvalue weighted by Gasteiger charge is -2.17. The summed E-state index contributed by atoms with van der Waals surface area (Å²) in [5.41, 5.74) is 4.67. The monoisotopic (exact) mass is 230 g/mol. The number of nitrogens with one attached hydrogen (secondary N) is 1. The summed E-state index contributed by atoms with van der Waals surface area (Å²) in [6, 6.07) is 4.78. The van der Waals surface area contributed by atoms with Gasteiger partial charge in [0.1, 0.15) is 5.82 Å². The molecule has 0 saturated carbocycles. The number of benzene rings is 1. The number of aryl methyl sites for hydroxylation is 1. The van der Waals surface area contributed by atoms with E-state index >= 15 is 0 Å². The molecule has 1 rings (SSSR count). The molecule has 0 amide bonds. The highest BCUT2D eigenvalue weighted by atomic mass is 35.5. The number of rotatable bonds is 5. The molecule has 0 aliphatic heterocycles. The van der Waals surface area contributed by atoms with Crippen molar-refractivity contribution in [2.45, 2.75) is 25.8 Å². The first-order valence-corrected chi connectivity index (χ1v) is 5.50. The summed E-state index contributed by atoms with van der Waals surface area (Å²) in [4.78, 5) is 0. The second kappa shape index (κ2) is 6.05. The Labute approximate surface area is 94.6 Å². The maximum absolute atomic E-state index is 12.9. The summed E-state index contributed by atoms with van der Waals surface area (Å²) in [7, 11) is 0. The van der Waals surface area contributed by atoms with Crippen molar-refractivity contribution < 1.29 is 4.39 Å². The van der Waals surface area contributed by atoms with Gasteiger partial charge in [0, 0.05) is 11.9 Å². The van der Waals surface area contributed by atoms with Crippen LogP contribution >= 0.6 is 11.6 Å². The van der Waals surface area contributed by atoms with E-state index in [2.05, 4.69) is 5.43 Å². The third kappa shape index (κ3) is 3.45. The molecule has 4 heteroatoms. The van der Waals surface area contributed by atoms with Gasteiger partial charge in [0.2, 0.25) is 0 Å². The number of halogens is 2. The Morgan fingerprint density at radius 2 is 2.27 bits per heavy atom. The summed E-state index contributed by atoms with van der Waals surface area (Å²) < 4.78 is 12.9. The Morgan fingerprint density at radius 3 is 2.80 bits per heavy atom. The zero-order chi connectivity index (χ0) is 11.3. The predicted octanol–water partition coefficient (Wildman–Crippen LogP) is 2.66. The third-order valence-corrected chi connectivity index (χ3v) is 2.70. The highest BCUT2D eigenvalue weighted by Gasteiger charge is 2.11. The topological polar surface area (TPSA) is 38.0 Å². The largest absolute Gasteiger partial charge is 0.271 e. The molecule has 0 aliphatic rings. The van der Waals surface area contributed by atoms with Crippen LogP contribution < -0.4 is 11.3 Å². The van der Waals surface area contributed by atoms with Crippen molar-refractivity contribution in [3.05, 3.63) is 35.1 Å². The Kier molecular flexibility index (Phi) is 5.02. The van der Waals surface area contributed by atoms with Crippen LogP contribution in [0.1, 0.15) is 30.0 Å². The van der Waals surface area contributed by atoms with Crippen LogP contribution in [0.15, 0.2) is 18.2 Å². The van der Waals surface area contributed by atoms with Crippen LogP contribution in [0.5, 0.6) is 0 Å². The smallest absolute Gasteiger partial charge is 0.123 e. The fourth-order valence-electron chi connectivity index (χ4n) is 1.64. The van der Waals surface area contributed by atoms with E-state index in [-0.39, 0.29) is 11.9 Å². The number of hydrogen-bond acceptors (Lipinski definition) is 2. The van der Waals surface area contributed by atoms with Gasteiger partial charge in [-0.05, 0) is 43.0 Å². The minimum Gasteiger partial charge on any atom is -0.271 e. The van der Waals surface area contributed by atoms with E-state index in [4.69, 9.17) is 17.4 Å². The fraction of sp³-hybridized carbons (Fsp3) is 0.455. The number of nitrogens with two attached hydrogens (primary N) is 1. The first-order chi connectivity index (χ1) is 7.19. The quantitative estimate of drug-likeness (QED) is 0.464. The predicted molar refractivity (Wildman–Crippen MR) is 61.2 cm³/mol. The Hall–Kier alpha value is -0.640. The lowest BCUT2D eigenvalue weighted by atomic mass is 9.98. The van der Waals surface area contributed by atoms with Crippen LogP contribution in [0.2, 0.25) is 0 Å². The van der Waals surface area contributed by atoms with Gasteiger partial charge < -0.3 is 0 Å². The first kappa shape index (κ1) is 12.4. The van der Waals surface area contributed by atoms with Crippen molar-refractivity contribution in [2.75, 3.05) is 5.88 Å². The van der Waals surface area contributed by atoms with Crippen molar-refractivity contribution >= 4 is 11.6 Å². The molecule has 1 aromatic rings. The van der Waals surface area contributed by atoms with Crippen LogP contribution in [0.4, 0.5) is 4.39 Å². The van der Waals surface area contributed by atoms with Gasteiger partial charge in [-0.1, -0.05) is 6.07 Å². The SMILES string of the molecule is Cc1cc(F)ccc1C(CCCCl)NN.